The van der Waals surface area contributed by atoms with Gasteiger partial charge in [0.25, 0.3) is 0 Å². The molecule has 0 radical (unpaired) electrons. The van der Waals surface area contributed by atoms with Crippen molar-refractivity contribution in [2.75, 3.05) is 14.2 Å². The van der Waals surface area contributed by atoms with E-state index in [1.54, 1.807) is 14.2 Å². The minimum atomic E-state index is 0.862. The van der Waals surface area contributed by atoms with Gasteiger partial charge in [0.1, 0.15) is 11.5 Å². The third-order valence-corrected chi connectivity index (χ3v) is 8.17. The second kappa shape index (κ2) is 8.09. The maximum absolute atomic E-state index is 5.93. The Morgan fingerprint density at radius 2 is 0.667 bits per heavy atom. The lowest BCUT2D eigenvalue weighted by molar-refractivity contribution is 0.419. The van der Waals surface area contributed by atoms with Crippen LogP contribution in [0.25, 0.3) is 64.6 Å². The molecule has 0 amide bonds. The van der Waals surface area contributed by atoms with Crippen molar-refractivity contribution in [3.05, 3.63) is 93.9 Å². The normalized spacial score (nSPS) is 11.9. The van der Waals surface area contributed by atoms with Gasteiger partial charge in [-0.05, 0) is 67.4 Å². The molecule has 0 bridgehead atoms. The molecule has 4 heteroatoms. The average molecular weight is 596 g/mol. The molecule has 0 fully saturated rings. The molecule has 0 saturated heterocycles. The fraction of sp³-hybridized carbons (Fsp3) is 0.0625. The Labute approximate surface area is 224 Å². The van der Waals surface area contributed by atoms with Crippen LogP contribution in [0, 0.1) is 0 Å². The first-order valence-electron chi connectivity index (χ1n) is 11.7. The van der Waals surface area contributed by atoms with Crippen LogP contribution in [0.15, 0.2) is 93.9 Å². The van der Waals surface area contributed by atoms with Crippen LogP contribution >= 0.6 is 31.9 Å². The number of benzene rings is 7. The molecule has 0 spiro atoms. The number of methoxy groups -OCH3 is 2. The molecule has 174 valence electrons. The zero-order valence-corrected chi connectivity index (χ0v) is 22.8. The minimum absolute atomic E-state index is 0.862. The maximum atomic E-state index is 5.93. The van der Waals surface area contributed by atoms with Crippen molar-refractivity contribution < 1.29 is 9.47 Å². The highest BCUT2D eigenvalue weighted by atomic mass is 79.9. The van der Waals surface area contributed by atoms with Gasteiger partial charge in [-0.1, -0.05) is 92.5 Å². The van der Waals surface area contributed by atoms with Gasteiger partial charge in [-0.25, -0.2) is 0 Å². The molecule has 2 nitrogen and oxygen atoms in total. The van der Waals surface area contributed by atoms with Gasteiger partial charge in [-0.3, -0.25) is 0 Å². The van der Waals surface area contributed by atoms with Gasteiger partial charge in [-0.2, -0.15) is 0 Å². The van der Waals surface area contributed by atoms with Crippen molar-refractivity contribution in [3.8, 4) is 11.5 Å². The number of hydrogen-bond acceptors (Lipinski definition) is 2. The lowest BCUT2D eigenvalue weighted by Gasteiger charge is -2.17. The summed E-state index contributed by atoms with van der Waals surface area (Å²) in [5, 5.41) is 14.2. The summed E-state index contributed by atoms with van der Waals surface area (Å²) in [7, 11) is 3.49. The molecule has 36 heavy (non-hydrogen) atoms. The third-order valence-electron chi connectivity index (χ3n) is 7.25. The Hall–Kier alpha value is -3.34. The van der Waals surface area contributed by atoms with Crippen molar-refractivity contribution in [2.45, 2.75) is 0 Å². The van der Waals surface area contributed by atoms with Gasteiger partial charge >= 0.3 is 0 Å². The van der Waals surface area contributed by atoms with Crippen LogP contribution in [0.2, 0.25) is 0 Å². The summed E-state index contributed by atoms with van der Waals surface area (Å²) in [4.78, 5) is 0. The molecule has 0 unspecified atom stereocenters. The number of hydrogen-bond donors (Lipinski definition) is 0. The first kappa shape index (κ1) is 21.9. The van der Waals surface area contributed by atoms with Crippen LogP contribution < -0.4 is 9.47 Å². The predicted octanol–water partition coefficient (Wildman–Crippen LogP) is 10.1. The quantitative estimate of drug-likeness (QED) is 0.185. The highest BCUT2D eigenvalue weighted by molar-refractivity contribution is 9.10. The Bertz CT molecular complexity index is 1880. The fourth-order valence-electron chi connectivity index (χ4n) is 5.77. The number of halogens is 2. The highest BCUT2D eigenvalue weighted by Crippen LogP contribution is 2.45. The van der Waals surface area contributed by atoms with Crippen molar-refractivity contribution in [1.82, 2.24) is 0 Å². The van der Waals surface area contributed by atoms with Gasteiger partial charge in [-0.15, -0.1) is 0 Å². The molecule has 0 aliphatic carbocycles. The number of fused-ring (bicyclic) bond motifs is 11. The molecule has 0 N–H and O–H groups in total. The molecular formula is C32H20Br2O2. The minimum Gasteiger partial charge on any atom is -0.496 e. The highest BCUT2D eigenvalue weighted by Gasteiger charge is 2.17. The van der Waals surface area contributed by atoms with Crippen LogP contribution in [-0.2, 0) is 0 Å². The van der Waals surface area contributed by atoms with E-state index in [4.69, 9.17) is 9.47 Å². The summed E-state index contributed by atoms with van der Waals surface area (Å²) >= 11 is 7.32. The molecular weight excluding hydrogens is 576 g/mol. The summed E-state index contributed by atoms with van der Waals surface area (Å²) < 4.78 is 13.9. The topological polar surface area (TPSA) is 18.5 Å². The lowest BCUT2D eigenvalue weighted by Crippen LogP contribution is -1.91. The fourth-order valence-corrected chi connectivity index (χ4v) is 6.67. The van der Waals surface area contributed by atoms with E-state index in [2.05, 4.69) is 117 Å². The standard InChI is InChI=1S/C32H20Br2O2/c1-35-25-15-23(33)13-21-11-9-17-3-5-19-7-8-20-6-4-18-10-12-22-14-24(34)16-26(36-2)28(22)30(18)32(20)31(19)29(17)27(21)25/h3-16H,1-2H3. The van der Waals surface area contributed by atoms with Crippen LogP contribution in [0.4, 0.5) is 0 Å². The van der Waals surface area contributed by atoms with E-state index in [9.17, 15) is 0 Å². The van der Waals surface area contributed by atoms with Crippen LogP contribution in [0.5, 0.6) is 11.5 Å². The summed E-state index contributed by atoms with van der Waals surface area (Å²) in [6, 6.07) is 30.6. The Morgan fingerprint density at radius 1 is 0.389 bits per heavy atom. The van der Waals surface area contributed by atoms with Crippen molar-refractivity contribution in [1.29, 1.82) is 0 Å². The molecule has 7 aromatic rings. The summed E-state index contributed by atoms with van der Waals surface area (Å²) in [6.45, 7) is 0. The molecule has 0 heterocycles. The number of rotatable bonds is 2. The Morgan fingerprint density at radius 3 is 0.972 bits per heavy atom. The largest absolute Gasteiger partial charge is 0.496 e. The van der Waals surface area contributed by atoms with Crippen LogP contribution in [-0.4, -0.2) is 14.2 Å². The van der Waals surface area contributed by atoms with E-state index >= 15 is 0 Å². The molecule has 0 saturated carbocycles. The second-order valence-electron chi connectivity index (χ2n) is 9.13. The third kappa shape index (κ3) is 3.07. The first-order chi connectivity index (χ1) is 17.6. The van der Waals surface area contributed by atoms with Gasteiger partial charge in [0.05, 0.1) is 14.2 Å². The molecule has 7 rings (SSSR count). The Balaban J connectivity index is 1.86. The lowest BCUT2D eigenvalue weighted by atomic mass is 9.89. The van der Waals surface area contributed by atoms with Crippen molar-refractivity contribution in [3.63, 3.8) is 0 Å². The van der Waals surface area contributed by atoms with Gasteiger partial charge in [0.2, 0.25) is 0 Å². The molecule has 0 aliphatic heterocycles. The van der Waals surface area contributed by atoms with Gasteiger partial charge < -0.3 is 9.47 Å². The Kier molecular flexibility index (Phi) is 4.92. The molecule has 0 atom stereocenters. The predicted molar refractivity (Wildman–Crippen MR) is 160 cm³/mol. The van der Waals surface area contributed by atoms with E-state index < -0.39 is 0 Å². The van der Waals surface area contributed by atoms with E-state index in [1.165, 1.54) is 43.1 Å². The van der Waals surface area contributed by atoms with Gasteiger partial charge in [0.15, 0.2) is 0 Å². The summed E-state index contributed by atoms with van der Waals surface area (Å²) in [6.07, 6.45) is 0. The van der Waals surface area contributed by atoms with Crippen LogP contribution in [0.3, 0.4) is 0 Å². The summed E-state index contributed by atoms with van der Waals surface area (Å²) in [5.41, 5.74) is 0. The zero-order chi connectivity index (χ0) is 24.6. The molecule has 0 aliphatic rings. The van der Waals surface area contributed by atoms with E-state index in [0.717, 1.165) is 42.0 Å². The number of ether oxygens (including phenoxy) is 2. The van der Waals surface area contributed by atoms with Crippen molar-refractivity contribution >= 4 is 96.5 Å². The van der Waals surface area contributed by atoms with E-state index in [1.807, 2.05) is 0 Å². The zero-order valence-electron chi connectivity index (χ0n) is 19.7. The smallest absolute Gasteiger partial charge is 0.128 e. The monoisotopic (exact) mass is 594 g/mol. The van der Waals surface area contributed by atoms with Gasteiger partial charge in [0, 0.05) is 30.5 Å². The summed E-state index contributed by atoms with van der Waals surface area (Å²) in [5.74, 6) is 1.72. The van der Waals surface area contributed by atoms with E-state index in [0.29, 0.717) is 0 Å². The van der Waals surface area contributed by atoms with E-state index in [-0.39, 0.29) is 0 Å². The van der Waals surface area contributed by atoms with Crippen LogP contribution in [0.1, 0.15) is 0 Å². The molecule has 0 aromatic heterocycles. The second-order valence-corrected chi connectivity index (χ2v) is 11.0. The average Bonchev–Trinajstić information content (AvgIpc) is 2.90. The SMILES string of the molecule is COc1cc(Br)cc2ccc3ccc4ccc5ccc6ccc7cc(Br)cc(OC)c7c6c5c4c3c12. The van der Waals surface area contributed by atoms with Crippen molar-refractivity contribution in [2.24, 2.45) is 0 Å². The molecule has 7 aromatic carbocycles. The maximum Gasteiger partial charge on any atom is 0.128 e. The first-order valence-corrected chi connectivity index (χ1v) is 13.3.